The lowest BCUT2D eigenvalue weighted by atomic mass is 10.3. The summed E-state index contributed by atoms with van der Waals surface area (Å²) in [5.74, 6) is 1.43. The van der Waals surface area contributed by atoms with Crippen molar-refractivity contribution in [1.29, 1.82) is 0 Å². The van der Waals surface area contributed by atoms with E-state index in [0.29, 0.717) is 5.76 Å². The van der Waals surface area contributed by atoms with Crippen LogP contribution >= 0.6 is 0 Å². The first-order valence-electron chi connectivity index (χ1n) is 3.93. The monoisotopic (exact) mass is 184 g/mol. The maximum absolute atomic E-state index is 5.06. The zero-order chi connectivity index (χ0) is 10.1. The molecule has 74 valence electrons. The molecule has 0 rings (SSSR count). The third kappa shape index (κ3) is 4.95. The highest BCUT2D eigenvalue weighted by molar-refractivity contribution is 5.21. The lowest BCUT2D eigenvalue weighted by Gasteiger charge is -2.02. The Hall–Kier alpha value is -1.38. The third-order valence-corrected chi connectivity index (χ3v) is 1.41. The van der Waals surface area contributed by atoms with Crippen LogP contribution in [0.4, 0.5) is 0 Å². The molecule has 0 amide bonds. The highest BCUT2D eigenvalue weighted by Crippen LogP contribution is 2.05. The van der Waals surface area contributed by atoms with E-state index >= 15 is 0 Å². The fourth-order valence-electron chi connectivity index (χ4n) is 0.711. The first-order valence-corrected chi connectivity index (χ1v) is 3.93. The second-order valence-electron chi connectivity index (χ2n) is 2.18. The van der Waals surface area contributed by atoms with Crippen molar-refractivity contribution in [2.45, 2.75) is 6.92 Å². The molecular weight excluding hydrogens is 168 g/mol. The van der Waals surface area contributed by atoms with Crippen molar-refractivity contribution in [2.75, 3.05) is 21.3 Å². The number of ether oxygens (including phenoxy) is 3. The molecule has 13 heavy (non-hydrogen) atoms. The molecule has 0 radical (unpaired) electrons. The van der Waals surface area contributed by atoms with Crippen LogP contribution in [0.25, 0.3) is 0 Å². The molecule has 0 aliphatic rings. The van der Waals surface area contributed by atoms with Gasteiger partial charge in [0, 0.05) is 12.2 Å². The average Bonchev–Trinajstić information content (AvgIpc) is 2.19. The molecule has 3 nitrogen and oxygen atoms in total. The fraction of sp³-hybridized carbons (Fsp3) is 0.400. The Bertz CT molecular complexity index is 214. The fourth-order valence-corrected chi connectivity index (χ4v) is 0.711. The average molecular weight is 184 g/mol. The molecule has 0 fully saturated rings. The van der Waals surface area contributed by atoms with Crippen molar-refractivity contribution >= 4 is 0 Å². The third-order valence-electron chi connectivity index (χ3n) is 1.41. The first kappa shape index (κ1) is 11.6. The number of allylic oxidation sites excluding steroid dienone is 3. The quantitative estimate of drug-likeness (QED) is 0.484. The van der Waals surface area contributed by atoms with Crippen LogP contribution < -0.4 is 0 Å². The summed E-state index contributed by atoms with van der Waals surface area (Å²) >= 11 is 0. The number of hydrogen-bond donors (Lipinski definition) is 0. The minimum absolute atomic E-state index is 0.678. The van der Waals surface area contributed by atoms with Crippen LogP contribution in [0.2, 0.25) is 0 Å². The minimum Gasteiger partial charge on any atom is -0.504 e. The van der Waals surface area contributed by atoms with Gasteiger partial charge in [0.05, 0.1) is 27.6 Å². The van der Waals surface area contributed by atoms with E-state index in [9.17, 15) is 0 Å². The molecule has 0 aliphatic carbocycles. The van der Waals surface area contributed by atoms with Gasteiger partial charge in [0.1, 0.15) is 11.5 Å². The molecule has 0 aromatic rings. The zero-order valence-corrected chi connectivity index (χ0v) is 8.53. The lowest BCUT2D eigenvalue weighted by molar-refractivity contribution is 0.281. The molecular formula is C10H16O3. The van der Waals surface area contributed by atoms with Crippen molar-refractivity contribution in [2.24, 2.45) is 0 Å². The zero-order valence-electron chi connectivity index (χ0n) is 8.53. The van der Waals surface area contributed by atoms with E-state index in [2.05, 4.69) is 0 Å². The smallest absolute Gasteiger partial charge is 0.125 e. The second kappa shape index (κ2) is 7.28. The summed E-state index contributed by atoms with van der Waals surface area (Å²) in [5.41, 5.74) is 0. The molecule has 0 spiro atoms. The van der Waals surface area contributed by atoms with Gasteiger partial charge in [-0.1, -0.05) is 0 Å². The number of methoxy groups -OCH3 is 3. The molecule has 0 aromatic carbocycles. The van der Waals surface area contributed by atoms with Crippen molar-refractivity contribution in [3.63, 3.8) is 0 Å². The SMILES string of the molecule is CC=C(C=C(C=COC)OC)OC. The predicted molar refractivity (Wildman–Crippen MR) is 52.0 cm³/mol. The maximum Gasteiger partial charge on any atom is 0.125 e. The standard InChI is InChI=1S/C10H16O3/c1-5-9(12-3)8-10(13-4)6-7-11-2/h5-8H,1-4H3. The Kier molecular flexibility index (Phi) is 6.51. The van der Waals surface area contributed by atoms with Gasteiger partial charge in [0.25, 0.3) is 0 Å². The van der Waals surface area contributed by atoms with Crippen LogP contribution in [0.3, 0.4) is 0 Å². The van der Waals surface area contributed by atoms with Gasteiger partial charge in [-0.05, 0) is 13.0 Å². The van der Waals surface area contributed by atoms with Crippen molar-refractivity contribution in [3.8, 4) is 0 Å². The largest absolute Gasteiger partial charge is 0.504 e. The Balaban J connectivity index is 4.45. The van der Waals surface area contributed by atoms with Gasteiger partial charge < -0.3 is 14.2 Å². The van der Waals surface area contributed by atoms with Gasteiger partial charge in [-0.15, -0.1) is 0 Å². The Morgan fingerprint density at radius 3 is 2.00 bits per heavy atom. The minimum atomic E-state index is 0.678. The Morgan fingerprint density at radius 1 is 1.00 bits per heavy atom. The summed E-state index contributed by atoms with van der Waals surface area (Å²) in [6.07, 6.45) is 6.87. The van der Waals surface area contributed by atoms with E-state index in [-0.39, 0.29) is 0 Å². The summed E-state index contributed by atoms with van der Waals surface area (Å²) in [4.78, 5) is 0. The molecule has 0 saturated heterocycles. The van der Waals surface area contributed by atoms with E-state index < -0.39 is 0 Å². The molecule has 3 heteroatoms. The normalized spacial score (nSPS) is 13.2. The van der Waals surface area contributed by atoms with Crippen LogP contribution in [0.1, 0.15) is 6.92 Å². The lowest BCUT2D eigenvalue weighted by Crippen LogP contribution is -1.87. The molecule has 0 bridgehead atoms. The van der Waals surface area contributed by atoms with Crippen LogP contribution in [0.15, 0.2) is 36.0 Å². The van der Waals surface area contributed by atoms with Gasteiger partial charge in [-0.3, -0.25) is 0 Å². The Labute approximate surface area is 79.3 Å². The predicted octanol–water partition coefficient (Wildman–Crippen LogP) is 2.23. The summed E-state index contributed by atoms with van der Waals surface area (Å²) in [6, 6.07) is 0. The van der Waals surface area contributed by atoms with Crippen LogP contribution in [-0.4, -0.2) is 21.3 Å². The van der Waals surface area contributed by atoms with E-state index in [1.54, 1.807) is 33.5 Å². The highest BCUT2D eigenvalue weighted by atomic mass is 16.5. The van der Waals surface area contributed by atoms with E-state index in [1.807, 2.05) is 13.0 Å². The molecule has 0 saturated carbocycles. The van der Waals surface area contributed by atoms with Crippen LogP contribution in [0, 0.1) is 0 Å². The van der Waals surface area contributed by atoms with Gasteiger partial charge in [0.2, 0.25) is 0 Å². The van der Waals surface area contributed by atoms with Gasteiger partial charge in [0.15, 0.2) is 0 Å². The molecule has 0 aromatic heterocycles. The van der Waals surface area contributed by atoms with Crippen LogP contribution in [0.5, 0.6) is 0 Å². The van der Waals surface area contributed by atoms with E-state index in [1.165, 1.54) is 6.26 Å². The topological polar surface area (TPSA) is 27.7 Å². The number of hydrogen-bond acceptors (Lipinski definition) is 3. The molecule has 0 unspecified atom stereocenters. The van der Waals surface area contributed by atoms with Crippen molar-refractivity contribution in [1.82, 2.24) is 0 Å². The molecule has 0 heterocycles. The Morgan fingerprint density at radius 2 is 1.62 bits per heavy atom. The molecule has 0 N–H and O–H groups in total. The van der Waals surface area contributed by atoms with Gasteiger partial charge in [-0.25, -0.2) is 0 Å². The second-order valence-corrected chi connectivity index (χ2v) is 2.18. The van der Waals surface area contributed by atoms with Gasteiger partial charge in [-0.2, -0.15) is 0 Å². The van der Waals surface area contributed by atoms with E-state index in [4.69, 9.17) is 14.2 Å². The van der Waals surface area contributed by atoms with Crippen molar-refractivity contribution in [3.05, 3.63) is 36.0 Å². The summed E-state index contributed by atoms with van der Waals surface area (Å²) in [5, 5.41) is 0. The van der Waals surface area contributed by atoms with E-state index in [0.717, 1.165) is 5.76 Å². The summed E-state index contributed by atoms with van der Waals surface area (Å²) in [6.45, 7) is 1.89. The van der Waals surface area contributed by atoms with Crippen molar-refractivity contribution < 1.29 is 14.2 Å². The highest BCUT2D eigenvalue weighted by Gasteiger charge is 1.93. The molecule has 0 atom stereocenters. The molecule has 0 aliphatic heterocycles. The first-order chi connectivity index (χ1) is 6.28. The van der Waals surface area contributed by atoms with Crippen LogP contribution in [-0.2, 0) is 14.2 Å². The van der Waals surface area contributed by atoms with Gasteiger partial charge >= 0.3 is 0 Å². The summed E-state index contributed by atoms with van der Waals surface area (Å²) < 4.78 is 14.9. The number of rotatable bonds is 5. The maximum atomic E-state index is 5.06. The summed E-state index contributed by atoms with van der Waals surface area (Å²) in [7, 11) is 4.78.